The fraction of sp³-hybridized carbons (Fsp3) is 0.0833. The molecular formula is C12H12ClN5OS. The Morgan fingerprint density at radius 3 is 2.60 bits per heavy atom. The van der Waals surface area contributed by atoms with E-state index in [9.17, 15) is 4.79 Å². The summed E-state index contributed by atoms with van der Waals surface area (Å²) < 4.78 is 1.48. The molecule has 0 aliphatic carbocycles. The average Bonchev–Trinajstić information content (AvgIpc) is 2.74. The summed E-state index contributed by atoms with van der Waals surface area (Å²) in [5.74, 6) is 0.434. The lowest BCUT2D eigenvalue weighted by atomic mass is 10.3. The summed E-state index contributed by atoms with van der Waals surface area (Å²) in [6.07, 6.45) is 1.50. The van der Waals surface area contributed by atoms with Crippen LogP contribution in [0.3, 0.4) is 0 Å². The van der Waals surface area contributed by atoms with Gasteiger partial charge in [0.2, 0.25) is 0 Å². The second kappa shape index (κ2) is 5.89. The van der Waals surface area contributed by atoms with Gasteiger partial charge in [0.15, 0.2) is 0 Å². The van der Waals surface area contributed by atoms with Gasteiger partial charge in [-0.2, -0.15) is 5.10 Å². The summed E-state index contributed by atoms with van der Waals surface area (Å²) >= 11 is 10.7. The number of rotatable bonds is 3. The summed E-state index contributed by atoms with van der Waals surface area (Å²) in [5, 5.41) is 9.91. The SMILES string of the molecule is Cn1ncc(C(N)=S)c1NC(=O)Nc1ccc(Cl)cc1. The van der Waals surface area contributed by atoms with Crippen LogP contribution in [0.5, 0.6) is 0 Å². The highest BCUT2D eigenvalue weighted by atomic mass is 35.5. The number of anilines is 2. The molecule has 2 aromatic rings. The smallest absolute Gasteiger partial charge is 0.324 e. The summed E-state index contributed by atoms with van der Waals surface area (Å²) in [6.45, 7) is 0. The molecule has 1 heterocycles. The largest absolute Gasteiger partial charge is 0.389 e. The maximum Gasteiger partial charge on any atom is 0.324 e. The molecule has 0 fully saturated rings. The minimum atomic E-state index is -0.423. The first-order valence-electron chi connectivity index (χ1n) is 5.62. The number of nitrogens with zero attached hydrogens (tertiary/aromatic N) is 2. The van der Waals surface area contributed by atoms with Crippen molar-refractivity contribution in [3.05, 3.63) is 41.0 Å². The predicted octanol–water partition coefficient (Wildman–Crippen LogP) is 2.35. The molecule has 2 amide bonds. The molecule has 20 heavy (non-hydrogen) atoms. The van der Waals surface area contributed by atoms with Crippen LogP contribution >= 0.6 is 23.8 Å². The lowest BCUT2D eigenvalue weighted by Gasteiger charge is -2.09. The maximum atomic E-state index is 11.9. The average molecular weight is 310 g/mol. The van der Waals surface area contributed by atoms with E-state index in [1.807, 2.05) is 0 Å². The zero-order chi connectivity index (χ0) is 14.7. The van der Waals surface area contributed by atoms with E-state index in [-0.39, 0.29) is 4.99 Å². The quantitative estimate of drug-likeness (QED) is 0.760. The van der Waals surface area contributed by atoms with Crippen molar-refractivity contribution in [2.75, 3.05) is 10.6 Å². The van der Waals surface area contributed by atoms with Crippen molar-refractivity contribution in [3.8, 4) is 0 Å². The fourth-order valence-electron chi connectivity index (χ4n) is 1.57. The van der Waals surface area contributed by atoms with E-state index in [1.165, 1.54) is 10.9 Å². The Bertz CT molecular complexity index is 652. The van der Waals surface area contributed by atoms with Gasteiger partial charge in [-0.05, 0) is 24.3 Å². The molecule has 0 spiro atoms. The number of carbonyl (C=O) groups is 1. The van der Waals surface area contributed by atoms with Crippen LogP contribution in [0.1, 0.15) is 5.56 Å². The van der Waals surface area contributed by atoms with Crippen LogP contribution in [-0.2, 0) is 7.05 Å². The number of halogens is 1. The van der Waals surface area contributed by atoms with Crippen molar-refractivity contribution < 1.29 is 4.79 Å². The van der Waals surface area contributed by atoms with Crippen LogP contribution in [0, 0.1) is 0 Å². The number of nitrogens with two attached hydrogens (primary N) is 1. The van der Waals surface area contributed by atoms with Crippen LogP contribution in [0.4, 0.5) is 16.3 Å². The highest BCUT2D eigenvalue weighted by molar-refractivity contribution is 7.80. The highest BCUT2D eigenvalue weighted by Gasteiger charge is 2.13. The number of aromatic nitrogens is 2. The Morgan fingerprint density at radius 2 is 2.00 bits per heavy atom. The number of thiocarbonyl (C=S) groups is 1. The number of carbonyl (C=O) groups excluding carboxylic acids is 1. The van der Waals surface area contributed by atoms with Gasteiger partial charge in [-0.3, -0.25) is 10.00 Å². The van der Waals surface area contributed by atoms with E-state index >= 15 is 0 Å². The van der Waals surface area contributed by atoms with E-state index in [2.05, 4.69) is 15.7 Å². The molecule has 0 saturated carbocycles. The van der Waals surface area contributed by atoms with Gasteiger partial charge < -0.3 is 11.1 Å². The Hall–Kier alpha value is -2.12. The summed E-state index contributed by atoms with van der Waals surface area (Å²) in [5.41, 5.74) is 6.69. The van der Waals surface area contributed by atoms with Gasteiger partial charge >= 0.3 is 6.03 Å². The summed E-state index contributed by atoms with van der Waals surface area (Å²) in [6, 6.07) is 6.33. The standard InChI is InChI=1S/C12H12ClN5OS/c1-18-11(9(6-15-18)10(14)20)17-12(19)16-8-4-2-7(13)3-5-8/h2-6H,1H3,(H2,14,20)(H2,16,17,19). The number of hydrogen-bond acceptors (Lipinski definition) is 3. The summed E-state index contributed by atoms with van der Waals surface area (Å²) in [7, 11) is 1.68. The Balaban J connectivity index is 2.10. The minimum absolute atomic E-state index is 0.167. The first-order valence-corrected chi connectivity index (χ1v) is 6.41. The summed E-state index contributed by atoms with van der Waals surface area (Å²) in [4.78, 5) is 12.1. The molecule has 4 N–H and O–H groups in total. The number of urea groups is 1. The van der Waals surface area contributed by atoms with E-state index in [4.69, 9.17) is 29.6 Å². The first kappa shape index (κ1) is 14.3. The molecular weight excluding hydrogens is 298 g/mol. The van der Waals surface area contributed by atoms with Gasteiger partial charge in [-0.1, -0.05) is 23.8 Å². The number of aryl methyl sites for hydroxylation is 1. The molecule has 0 atom stereocenters. The fourth-order valence-corrected chi connectivity index (χ4v) is 1.84. The van der Waals surface area contributed by atoms with Crippen molar-refractivity contribution in [2.24, 2.45) is 12.8 Å². The van der Waals surface area contributed by atoms with E-state index in [0.717, 1.165) is 0 Å². The van der Waals surface area contributed by atoms with Gasteiger partial charge in [0.05, 0.1) is 11.8 Å². The molecule has 0 aliphatic rings. The lowest BCUT2D eigenvalue weighted by Crippen LogP contribution is -2.23. The van der Waals surface area contributed by atoms with Crippen LogP contribution in [0.15, 0.2) is 30.5 Å². The lowest BCUT2D eigenvalue weighted by molar-refractivity contribution is 0.262. The zero-order valence-corrected chi connectivity index (χ0v) is 12.1. The third kappa shape index (κ3) is 3.25. The topological polar surface area (TPSA) is 85.0 Å². The molecule has 1 aromatic carbocycles. The number of benzene rings is 1. The number of nitrogens with one attached hydrogen (secondary N) is 2. The van der Waals surface area contributed by atoms with Gasteiger partial charge in [0, 0.05) is 17.8 Å². The molecule has 104 valence electrons. The monoisotopic (exact) mass is 309 g/mol. The molecule has 0 unspecified atom stereocenters. The molecule has 1 aromatic heterocycles. The Kier molecular flexibility index (Phi) is 4.21. The van der Waals surface area contributed by atoms with Gasteiger partial charge in [0.25, 0.3) is 0 Å². The maximum absolute atomic E-state index is 11.9. The van der Waals surface area contributed by atoms with E-state index in [1.54, 1.807) is 31.3 Å². The normalized spacial score (nSPS) is 10.1. The van der Waals surface area contributed by atoms with Crippen molar-refractivity contribution in [2.45, 2.75) is 0 Å². The molecule has 2 rings (SSSR count). The molecule has 0 radical (unpaired) electrons. The number of amides is 2. The van der Waals surface area contributed by atoms with Crippen molar-refractivity contribution in [3.63, 3.8) is 0 Å². The van der Waals surface area contributed by atoms with Crippen molar-refractivity contribution in [1.29, 1.82) is 0 Å². The van der Waals surface area contributed by atoms with Crippen LogP contribution in [-0.4, -0.2) is 20.8 Å². The van der Waals surface area contributed by atoms with Crippen LogP contribution < -0.4 is 16.4 Å². The predicted molar refractivity (Wildman–Crippen MR) is 83.2 cm³/mol. The third-order valence-electron chi connectivity index (χ3n) is 2.54. The molecule has 0 bridgehead atoms. The highest BCUT2D eigenvalue weighted by Crippen LogP contribution is 2.16. The third-order valence-corrected chi connectivity index (χ3v) is 3.01. The van der Waals surface area contributed by atoms with Crippen LogP contribution in [0.25, 0.3) is 0 Å². The van der Waals surface area contributed by atoms with Gasteiger partial charge in [-0.25, -0.2) is 4.79 Å². The Morgan fingerprint density at radius 1 is 1.35 bits per heavy atom. The number of hydrogen-bond donors (Lipinski definition) is 3. The van der Waals surface area contributed by atoms with Gasteiger partial charge in [0.1, 0.15) is 10.8 Å². The Labute approximate surface area is 125 Å². The molecule has 8 heteroatoms. The van der Waals surface area contributed by atoms with E-state index < -0.39 is 6.03 Å². The second-order valence-corrected chi connectivity index (χ2v) is 4.86. The molecule has 0 aliphatic heterocycles. The first-order chi connectivity index (χ1) is 9.47. The molecule has 6 nitrogen and oxygen atoms in total. The van der Waals surface area contributed by atoms with Crippen LogP contribution in [0.2, 0.25) is 5.02 Å². The zero-order valence-electron chi connectivity index (χ0n) is 10.6. The van der Waals surface area contributed by atoms with E-state index in [0.29, 0.717) is 22.1 Å². The van der Waals surface area contributed by atoms with Gasteiger partial charge in [-0.15, -0.1) is 0 Å². The van der Waals surface area contributed by atoms with Crippen molar-refractivity contribution >= 4 is 46.3 Å². The minimum Gasteiger partial charge on any atom is -0.389 e. The second-order valence-electron chi connectivity index (χ2n) is 3.98. The molecule has 0 saturated heterocycles. The van der Waals surface area contributed by atoms with Crippen molar-refractivity contribution in [1.82, 2.24) is 9.78 Å².